The summed E-state index contributed by atoms with van der Waals surface area (Å²) in [4.78, 5) is 11.7. The first-order valence-electron chi connectivity index (χ1n) is 14.9. The Bertz CT molecular complexity index is 1500. The zero-order valence-electron chi connectivity index (χ0n) is 25.3. The zero-order chi connectivity index (χ0) is 29.3. The lowest BCUT2D eigenvalue weighted by Crippen LogP contribution is -2.40. The lowest BCUT2D eigenvalue weighted by atomic mass is 10.2. The number of nitrogens with zero attached hydrogens (tertiary/aromatic N) is 7. The molecule has 0 saturated carbocycles. The van der Waals surface area contributed by atoms with Crippen molar-refractivity contribution in [2.24, 2.45) is 0 Å². The number of ether oxygens (including phenoxy) is 2. The van der Waals surface area contributed by atoms with Gasteiger partial charge < -0.3 is 24.1 Å². The van der Waals surface area contributed by atoms with Gasteiger partial charge in [-0.05, 0) is 61.7 Å². The predicted molar refractivity (Wildman–Crippen MR) is 166 cm³/mol. The number of benzene rings is 1. The first kappa shape index (κ1) is 28.8. The van der Waals surface area contributed by atoms with Crippen molar-refractivity contribution < 1.29 is 13.9 Å². The van der Waals surface area contributed by atoms with E-state index in [1.54, 1.807) is 6.33 Å². The van der Waals surface area contributed by atoms with E-state index >= 15 is 0 Å². The van der Waals surface area contributed by atoms with E-state index in [9.17, 15) is 0 Å². The number of fused-ring (bicyclic) bond motifs is 1. The smallest absolute Gasteiger partial charge is 0.199 e. The Morgan fingerprint density at radius 2 is 1.83 bits per heavy atom. The van der Waals surface area contributed by atoms with Gasteiger partial charge in [0.15, 0.2) is 19.8 Å². The molecule has 12 heteroatoms. The molecule has 2 fully saturated rings. The molecule has 1 aromatic carbocycles. The molecular formula is C30H42N8O3Si. The fourth-order valence-electron chi connectivity index (χ4n) is 5.10. The van der Waals surface area contributed by atoms with Gasteiger partial charge in [-0.2, -0.15) is 10.2 Å². The van der Waals surface area contributed by atoms with Gasteiger partial charge in [-0.15, -0.1) is 0 Å². The minimum absolute atomic E-state index is 0.0836. The fraction of sp³-hybridized carbons (Fsp3) is 0.533. The highest BCUT2D eigenvalue weighted by molar-refractivity contribution is 6.74. The summed E-state index contributed by atoms with van der Waals surface area (Å²) in [7, 11) is -2.00. The van der Waals surface area contributed by atoms with Crippen LogP contribution in [0.1, 0.15) is 52.0 Å². The summed E-state index contributed by atoms with van der Waals surface area (Å²) in [6, 6.07) is 8.38. The van der Waals surface area contributed by atoms with Gasteiger partial charge in [0.25, 0.3) is 0 Å². The summed E-state index contributed by atoms with van der Waals surface area (Å²) in [5.41, 5.74) is 5.35. The van der Waals surface area contributed by atoms with E-state index in [0.29, 0.717) is 18.1 Å². The van der Waals surface area contributed by atoms with E-state index in [4.69, 9.17) is 24.0 Å². The highest BCUT2D eigenvalue weighted by atomic mass is 28.4. The topological polar surface area (TPSA) is 104 Å². The van der Waals surface area contributed by atoms with E-state index in [1.165, 1.54) is 5.69 Å². The maximum atomic E-state index is 6.63. The molecule has 0 bridgehead atoms. The maximum absolute atomic E-state index is 6.63. The van der Waals surface area contributed by atoms with Crippen LogP contribution in [-0.4, -0.2) is 70.6 Å². The molecule has 3 aromatic heterocycles. The van der Waals surface area contributed by atoms with E-state index in [0.717, 1.165) is 74.8 Å². The molecule has 5 heterocycles. The van der Waals surface area contributed by atoms with Crippen LogP contribution in [0, 0.1) is 0 Å². The molecule has 0 spiro atoms. The largest absolute Gasteiger partial charge is 0.411 e. The first-order chi connectivity index (χ1) is 20.2. The number of aromatic nitrogens is 6. The van der Waals surface area contributed by atoms with Crippen molar-refractivity contribution in [3.63, 3.8) is 0 Å². The molecular weight excluding hydrogens is 548 g/mol. The second kappa shape index (κ2) is 11.7. The van der Waals surface area contributed by atoms with Gasteiger partial charge in [-0.25, -0.2) is 19.2 Å². The molecule has 0 radical (unpaired) electrons. The van der Waals surface area contributed by atoms with E-state index in [-0.39, 0.29) is 11.3 Å². The van der Waals surface area contributed by atoms with Crippen LogP contribution in [0.3, 0.4) is 0 Å². The van der Waals surface area contributed by atoms with E-state index in [2.05, 4.69) is 84.6 Å². The third kappa shape index (κ3) is 5.94. The molecule has 11 nitrogen and oxygen atoms in total. The number of hydrogen-bond donors (Lipinski definition) is 1. The van der Waals surface area contributed by atoms with Crippen LogP contribution in [-0.2, 0) is 20.5 Å². The van der Waals surface area contributed by atoms with Crippen LogP contribution in [0.25, 0.3) is 16.9 Å². The van der Waals surface area contributed by atoms with Crippen molar-refractivity contribution >= 4 is 31.2 Å². The van der Waals surface area contributed by atoms with Crippen molar-refractivity contribution in [2.75, 3.05) is 43.1 Å². The molecule has 1 unspecified atom stereocenters. The molecule has 6 rings (SSSR count). The van der Waals surface area contributed by atoms with Crippen molar-refractivity contribution in [1.29, 1.82) is 0 Å². The number of rotatable bonds is 8. The summed E-state index contributed by atoms with van der Waals surface area (Å²) >= 11 is 0. The van der Waals surface area contributed by atoms with Gasteiger partial charge in [0.05, 0.1) is 37.4 Å². The molecule has 1 atom stereocenters. The minimum Gasteiger partial charge on any atom is -0.411 e. The van der Waals surface area contributed by atoms with Crippen molar-refractivity contribution in [3.8, 4) is 11.3 Å². The Hall–Kier alpha value is -3.32. The Labute approximate surface area is 248 Å². The second-order valence-corrected chi connectivity index (χ2v) is 17.4. The molecule has 0 amide bonds. The Kier molecular flexibility index (Phi) is 8.05. The molecule has 224 valence electrons. The van der Waals surface area contributed by atoms with Crippen LogP contribution in [0.5, 0.6) is 0 Å². The van der Waals surface area contributed by atoms with Gasteiger partial charge in [0, 0.05) is 42.8 Å². The number of hydrogen-bond acceptors (Lipinski definition) is 9. The average molecular weight is 591 g/mol. The van der Waals surface area contributed by atoms with Gasteiger partial charge in [-0.3, -0.25) is 0 Å². The van der Waals surface area contributed by atoms with Gasteiger partial charge in [-0.1, -0.05) is 20.8 Å². The van der Waals surface area contributed by atoms with E-state index in [1.807, 2.05) is 15.4 Å². The first-order valence-corrected chi connectivity index (χ1v) is 17.8. The monoisotopic (exact) mass is 590 g/mol. The molecule has 1 N–H and O–H groups in total. The molecule has 2 saturated heterocycles. The fourth-order valence-corrected chi connectivity index (χ4v) is 6.03. The van der Waals surface area contributed by atoms with Gasteiger partial charge >= 0.3 is 0 Å². The van der Waals surface area contributed by atoms with Crippen molar-refractivity contribution in [1.82, 2.24) is 29.4 Å². The van der Waals surface area contributed by atoms with Crippen LogP contribution in [0.15, 0.2) is 43.0 Å². The second-order valence-electron chi connectivity index (χ2n) is 12.6. The van der Waals surface area contributed by atoms with Crippen molar-refractivity contribution in [2.45, 2.75) is 71.0 Å². The predicted octanol–water partition coefficient (Wildman–Crippen LogP) is 5.79. The zero-order valence-corrected chi connectivity index (χ0v) is 26.3. The van der Waals surface area contributed by atoms with E-state index < -0.39 is 8.32 Å². The highest BCUT2D eigenvalue weighted by Crippen LogP contribution is 2.38. The molecule has 2 aliphatic rings. The molecule has 42 heavy (non-hydrogen) atoms. The Balaban J connectivity index is 1.30. The van der Waals surface area contributed by atoms with Crippen LogP contribution in [0.2, 0.25) is 18.1 Å². The normalized spacial score (nSPS) is 18.5. The van der Waals surface area contributed by atoms with Crippen molar-refractivity contribution in [3.05, 3.63) is 48.7 Å². The summed E-state index contributed by atoms with van der Waals surface area (Å²) < 4.78 is 22.0. The summed E-state index contributed by atoms with van der Waals surface area (Å²) in [5.74, 6) is 0.637. The lowest BCUT2D eigenvalue weighted by molar-refractivity contribution is -0.0398. The quantitative estimate of drug-likeness (QED) is 0.255. The summed E-state index contributed by atoms with van der Waals surface area (Å²) in [6.45, 7) is 15.8. The highest BCUT2D eigenvalue weighted by Gasteiger charge is 2.37. The Morgan fingerprint density at radius 3 is 2.55 bits per heavy atom. The third-order valence-electron chi connectivity index (χ3n) is 8.72. The average Bonchev–Trinajstić information content (AvgIpc) is 3.66. The standard InChI is InChI=1S/C30H42N8O3Si/c1-30(2,3)42(4,5)41-20-25-24(19-37(35-25)27-8-6-7-15-40-27)26-18-31-28(29-32-21-33-38(26)29)34-22-9-11-23(12-10-22)36-13-16-39-17-14-36/h9-12,18-19,21,27H,6-8,13-17,20H2,1-5H3,(H,31,34). The van der Waals surface area contributed by atoms with Gasteiger partial charge in [0.2, 0.25) is 0 Å². The molecule has 4 aromatic rings. The van der Waals surface area contributed by atoms with Crippen LogP contribution in [0.4, 0.5) is 17.2 Å². The van der Waals surface area contributed by atoms with Gasteiger partial charge in [0.1, 0.15) is 12.6 Å². The third-order valence-corrected chi connectivity index (χ3v) is 13.2. The lowest BCUT2D eigenvalue weighted by Gasteiger charge is -2.36. The number of anilines is 3. The van der Waals surface area contributed by atoms with Crippen LogP contribution < -0.4 is 10.2 Å². The summed E-state index contributed by atoms with van der Waals surface area (Å²) in [6.07, 6.45) is 8.51. The minimum atomic E-state index is -2.00. The summed E-state index contributed by atoms with van der Waals surface area (Å²) in [5, 5.41) is 13.1. The SMILES string of the molecule is CC(C)(C)[Si](C)(C)OCc1nn(C2CCCCO2)cc1-c1cnc(Nc2ccc(N3CCOCC3)cc2)c2ncnn12. The molecule has 0 aliphatic carbocycles. The molecule has 2 aliphatic heterocycles. The Morgan fingerprint density at radius 1 is 1.05 bits per heavy atom. The maximum Gasteiger partial charge on any atom is 0.199 e. The number of morpholine rings is 1. The number of nitrogens with one attached hydrogen (secondary N) is 1. The van der Waals surface area contributed by atoms with Crippen LogP contribution >= 0.6 is 0 Å².